The van der Waals surface area contributed by atoms with E-state index in [0.717, 1.165) is 49.8 Å². The molecule has 1 saturated carbocycles. The van der Waals surface area contributed by atoms with Crippen LogP contribution in [0.1, 0.15) is 43.1 Å². The van der Waals surface area contributed by atoms with Crippen LogP contribution in [0, 0.1) is 0 Å². The minimum absolute atomic E-state index is 0.494. The van der Waals surface area contributed by atoms with Gasteiger partial charge in [0.15, 0.2) is 0 Å². The van der Waals surface area contributed by atoms with Crippen LogP contribution in [0.5, 0.6) is 0 Å². The lowest BCUT2D eigenvalue weighted by Crippen LogP contribution is -2.39. The molecule has 2 aromatic rings. The number of nitrogens with zero attached hydrogens (tertiary/aromatic N) is 5. The van der Waals surface area contributed by atoms with E-state index in [0.29, 0.717) is 12.0 Å². The quantitative estimate of drug-likeness (QED) is 0.913. The normalized spacial score (nSPS) is 19.7. The van der Waals surface area contributed by atoms with E-state index in [2.05, 4.69) is 31.2 Å². The number of anilines is 1. The minimum Gasteiger partial charge on any atom is -0.367 e. The van der Waals surface area contributed by atoms with Crippen molar-refractivity contribution < 1.29 is 0 Å². The van der Waals surface area contributed by atoms with Gasteiger partial charge in [-0.05, 0) is 37.8 Å². The summed E-state index contributed by atoms with van der Waals surface area (Å²) >= 11 is 0. The highest BCUT2D eigenvalue weighted by Crippen LogP contribution is 2.37. The Labute approximate surface area is 136 Å². The maximum atomic E-state index is 4.73. The molecule has 0 bridgehead atoms. The first-order chi connectivity index (χ1) is 11.4. The van der Waals surface area contributed by atoms with E-state index in [9.17, 15) is 0 Å². The van der Waals surface area contributed by atoms with Gasteiger partial charge < -0.3 is 5.32 Å². The summed E-state index contributed by atoms with van der Waals surface area (Å²) in [5, 5.41) is 3.49. The van der Waals surface area contributed by atoms with Gasteiger partial charge in [0.25, 0.3) is 0 Å². The molecule has 2 fully saturated rings. The average molecular weight is 310 g/mol. The number of hydrogen-bond acceptors (Lipinski definition) is 6. The zero-order valence-electron chi connectivity index (χ0n) is 13.2. The highest BCUT2D eigenvalue weighted by Gasteiger charge is 2.27. The van der Waals surface area contributed by atoms with E-state index in [4.69, 9.17) is 4.98 Å². The lowest BCUT2D eigenvalue weighted by molar-refractivity contribution is 0.208. The number of nitrogens with one attached hydrogen (secondary N) is 1. The van der Waals surface area contributed by atoms with Crippen LogP contribution < -0.4 is 5.32 Å². The third-order valence-corrected chi connectivity index (χ3v) is 4.58. The van der Waals surface area contributed by atoms with E-state index in [1.807, 2.05) is 12.3 Å². The molecule has 4 rings (SSSR count). The average Bonchev–Trinajstić information content (AvgIpc) is 3.43. The Kier molecular flexibility index (Phi) is 4.15. The minimum atomic E-state index is 0.494. The molecule has 0 atom stereocenters. The molecule has 6 heteroatoms. The Hall–Kier alpha value is -2.08. The molecule has 3 heterocycles. The monoisotopic (exact) mass is 310 g/mol. The number of aromatic nitrogens is 4. The fraction of sp³-hybridized carbons (Fsp3) is 0.529. The van der Waals surface area contributed by atoms with E-state index < -0.39 is 0 Å². The number of likely N-dealkylation sites (tertiary alicyclic amines) is 1. The van der Waals surface area contributed by atoms with Crippen molar-refractivity contribution in [1.82, 2.24) is 24.8 Å². The summed E-state index contributed by atoms with van der Waals surface area (Å²) in [6, 6.07) is 4.47. The summed E-state index contributed by atoms with van der Waals surface area (Å²) in [7, 11) is 0. The van der Waals surface area contributed by atoms with Gasteiger partial charge in [-0.1, -0.05) is 0 Å². The molecule has 6 nitrogen and oxygen atoms in total. The molecule has 1 aliphatic carbocycles. The predicted octanol–water partition coefficient (Wildman–Crippen LogP) is 2.22. The molecule has 1 aliphatic heterocycles. The molecule has 0 spiro atoms. The fourth-order valence-electron chi connectivity index (χ4n) is 3.09. The predicted molar refractivity (Wildman–Crippen MR) is 88.0 cm³/mol. The summed E-state index contributed by atoms with van der Waals surface area (Å²) in [6.07, 6.45) is 10.0. The van der Waals surface area contributed by atoms with Gasteiger partial charge in [0.2, 0.25) is 0 Å². The SMILES string of the molecule is c1cc(NC2CCN(Cc3ccnc(C4CC4)n3)CC2)ncn1. The molecular weight excluding hydrogens is 288 g/mol. The van der Waals surface area contributed by atoms with Gasteiger partial charge in [-0.2, -0.15) is 0 Å². The maximum absolute atomic E-state index is 4.73. The third kappa shape index (κ3) is 3.82. The third-order valence-electron chi connectivity index (χ3n) is 4.58. The lowest BCUT2D eigenvalue weighted by atomic mass is 10.0. The largest absolute Gasteiger partial charge is 0.367 e. The van der Waals surface area contributed by atoms with Crippen molar-refractivity contribution in [2.45, 2.75) is 44.2 Å². The first kappa shape index (κ1) is 14.5. The number of piperidine rings is 1. The smallest absolute Gasteiger partial charge is 0.131 e. The molecule has 1 N–H and O–H groups in total. The van der Waals surface area contributed by atoms with E-state index in [1.54, 1.807) is 12.5 Å². The molecule has 0 unspecified atom stereocenters. The summed E-state index contributed by atoms with van der Waals surface area (Å²) in [5.74, 6) is 2.59. The zero-order chi connectivity index (χ0) is 15.5. The van der Waals surface area contributed by atoms with Crippen LogP contribution in [-0.2, 0) is 6.54 Å². The van der Waals surface area contributed by atoms with Gasteiger partial charge >= 0.3 is 0 Å². The fourth-order valence-corrected chi connectivity index (χ4v) is 3.09. The number of rotatable bonds is 5. The molecule has 120 valence electrons. The molecule has 23 heavy (non-hydrogen) atoms. The van der Waals surface area contributed by atoms with Gasteiger partial charge in [-0.15, -0.1) is 0 Å². The first-order valence-corrected chi connectivity index (χ1v) is 8.43. The van der Waals surface area contributed by atoms with Crippen molar-refractivity contribution in [1.29, 1.82) is 0 Å². The molecule has 0 amide bonds. The molecule has 2 aliphatic rings. The zero-order valence-corrected chi connectivity index (χ0v) is 13.2. The summed E-state index contributed by atoms with van der Waals surface area (Å²) in [5.41, 5.74) is 1.16. The van der Waals surface area contributed by atoms with Gasteiger partial charge in [-0.25, -0.2) is 19.9 Å². The van der Waals surface area contributed by atoms with Crippen molar-refractivity contribution in [2.75, 3.05) is 18.4 Å². The van der Waals surface area contributed by atoms with Crippen LogP contribution in [0.25, 0.3) is 0 Å². The molecule has 0 aromatic carbocycles. The second kappa shape index (κ2) is 6.58. The first-order valence-electron chi connectivity index (χ1n) is 8.43. The second-order valence-electron chi connectivity index (χ2n) is 6.47. The van der Waals surface area contributed by atoms with E-state index in [-0.39, 0.29) is 0 Å². The highest BCUT2D eigenvalue weighted by molar-refractivity contribution is 5.33. The Bertz CT molecular complexity index is 635. The maximum Gasteiger partial charge on any atom is 0.131 e. The summed E-state index contributed by atoms with van der Waals surface area (Å²) < 4.78 is 0. The van der Waals surface area contributed by atoms with Crippen molar-refractivity contribution in [2.24, 2.45) is 0 Å². The van der Waals surface area contributed by atoms with Crippen LogP contribution in [0.4, 0.5) is 5.82 Å². The standard InChI is InChI=1S/C17H22N6/c1-2-13(1)17-19-8-3-15(22-17)11-23-9-5-14(6-10-23)21-16-4-7-18-12-20-16/h3-4,7-8,12-14H,1-2,5-6,9-11H2,(H,18,20,21). The van der Waals surface area contributed by atoms with Crippen LogP contribution in [0.2, 0.25) is 0 Å². The van der Waals surface area contributed by atoms with Crippen LogP contribution in [-0.4, -0.2) is 44.0 Å². The number of hydrogen-bond donors (Lipinski definition) is 1. The van der Waals surface area contributed by atoms with Crippen molar-refractivity contribution in [3.8, 4) is 0 Å². The topological polar surface area (TPSA) is 66.8 Å². The van der Waals surface area contributed by atoms with Crippen molar-refractivity contribution in [3.63, 3.8) is 0 Å². The Balaban J connectivity index is 1.29. The highest BCUT2D eigenvalue weighted by atomic mass is 15.2. The Morgan fingerprint density at radius 1 is 1.04 bits per heavy atom. The summed E-state index contributed by atoms with van der Waals surface area (Å²) in [6.45, 7) is 3.11. The van der Waals surface area contributed by atoms with Crippen molar-refractivity contribution in [3.05, 3.63) is 42.4 Å². The van der Waals surface area contributed by atoms with E-state index >= 15 is 0 Å². The van der Waals surface area contributed by atoms with Crippen LogP contribution in [0.3, 0.4) is 0 Å². The van der Waals surface area contributed by atoms with Crippen molar-refractivity contribution >= 4 is 5.82 Å². The second-order valence-corrected chi connectivity index (χ2v) is 6.47. The van der Waals surface area contributed by atoms with Gasteiger partial charge in [0, 0.05) is 44.0 Å². The van der Waals surface area contributed by atoms with Crippen LogP contribution >= 0.6 is 0 Å². The van der Waals surface area contributed by atoms with Gasteiger partial charge in [0.05, 0.1) is 5.69 Å². The molecule has 2 aromatic heterocycles. The Morgan fingerprint density at radius 3 is 2.65 bits per heavy atom. The molecular formula is C17H22N6. The molecule has 1 saturated heterocycles. The van der Waals surface area contributed by atoms with E-state index in [1.165, 1.54) is 12.8 Å². The van der Waals surface area contributed by atoms with Gasteiger partial charge in [-0.3, -0.25) is 4.90 Å². The lowest BCUT2D eigenvalue weighted by Gasteiger charge is -2.32. The van der Waals surface area contributed by atoms with Gasteiger partial charge in [0.1, 0.15) is 18.0 Å². The van der Waals surface area contributed by atoms with Crippen LogP contribution in [0.15, 0.2) is 30.9 Å². The Morgan fingerprint density at radius 2 is 1.91 bits per heavy atom. The molecule has 0 radical (unpaired) electrons. The summed E-state index contributed by atoms with van der Waals surface area (Å²) in [4.78, 5) is 19.8.